The minimum atomic E-state index is 1.11. The smallest absolute Gasteiger partial charge is 0.0900 e. The monoisotopic (exact) mass is 196 g/mol. The molecule has 0 unspecified atom stereocenters. The topological polar surface area (TPSA) is 25.8 Å². The molecule has 0 amide bonds. The van der Waals surface area contributed by atoms with E-state index in [-0.39, 0.29) is 0 Å². The predicted molar refractivity (Wildman–Crippen MR) is 52.7 cm³/mol. The van der Waals surface area contributed by atoms with Crippen LogP contribution < -0.4 is 0 Å². The zero-order valence-electron chi connectivity index (χ0n) is 6.87. The number of rotatable bonds is 1. The summed E-state index contributed by atoms with van der Waals surface area (Å²) in [5, 5.41) is 2.21. The van der Waals surface area contributed by atoms with Crippen molar-refractivity contribution in [2.24, 2.45) is 0 Å². The van der Waals surface area contributed by atoms with Gasteiger partial charge in [0.2, 0.25) is 0 Å². The van der Waals surface area contributed by atoms with E-state index >= 15 is 0 Å². The van der Waals surface area contributed by atoms with E-state index in [1.807, 2.05) is 26.2 Å². The fourth-order valence-electron chi connectivity index (χ4n) is 0.951. The van der Waals surface area contributed by atoms with Crippen molar-refractivity contribution in [2.45, 2.75) is 13.8 Å². The Morgan fingerprint density at radius 2 is 1.33 bits per heavy atom. The summed E-state index contributed by atoms with van der Waals surface area (Å²) in [6.45, 7) is 4.03. The fourth-order valence-corrected chi connectivity index (χ4v) is 2.57. The molecule has 0 bridgehead atoms. The minimum absolute atomic E-state index is 1.11. The molecule has 12 heavy (non-hydrogen) atoms. The van der Waals surface area contributed by atoms with E-state index in [4.69, 9.17) is 0 Å². The van der Waals surface area contributed by atoms with Crippen LogP contribution >= 0.6 is 22.7 Å². The largest absolute Gasteiger partial charge is 0.249 e. The maximum absolute atomic E-state index is 4.20. The van der Waals surface area contributed by atoms with Crippen molar-refractivity contribution >= 4 is 22.7 Å². The van der Waals surface area contributed by atoms with Crippen molar-refractivity contribution in [1.29, 1.82) is 0 Å². The highest BCUT2D eigenvalue weighted by atomic mass is 32.1. The van der Waals surface area contributed by atoms with E-state index in [1.54, 1.807) is 22.7 Å². The van der Waals surface area contributed by atoms with Gasteiger partial charge in [0, 0.05) is 12.4 Å². The molecular formula is C8H8N2S2. The van der Waals surface area contributed by atoms with E-state index in [9.17, 15) is 0 Å². The van der Waals surface area contributed by atoms with Gasteiger partial charge in [-0.1, -0.05) is 0 Å². The average Bonchev–Trinajstić information content (AvgIpc) is 2.58. The predicted octanol–water partition coefficient (Wildman–Crippen LogP) is 2.88. The summed E-state index contributed by atoms with van der Waals surface area (Å²) in [5.41, 5.74) is 0. The molecule has 2 aromatic heterocycles. The molecule has 2 nitrogen and oxygen atoms in total. The lowest BCUT2D eigenvalue weighted by Crippen LogP contribution is -1.60. The second-order valence-electron chi connectivity index (χ2n) is 2.49. The van der Waals surface area contributed by atoms with Crippen LogP contribution in [0.2, 0.25) is 0 Å². The van der Waals surface area contributed by atoms with E-state index in [1.165, 1.54) is 9.75 Å². The first kappa shape index (κ1) is 7.89. The molecule has 2 rings (SSSR count). The van der Waals surface area contributed by atoms with Crippen molar-refractivity contribution in [2.75, 3.05) is 0 Å². The molecule has 2 heterocycles. The van der Waals surface area contributed by atoms with Crippen molar-refractivity contribution in [1.82, 2.24) is 9.97 Å². The summed E-state index contributed by atoms with van der Waals surface area (Å²) < 4.78 is 0. The SMILES string of the molecule is Cc1ncc(-c2cnc(C)s2)s1. The van der Waals surface area contributed by atoms with E-state index in [0.29, 0.717) is 0 Å². The van der Waals surface area contributed by atoms with Crippen LogP contribution in [0, 0.1) is 13.8 Å². The molecule has 0 atom stereocenters. The van der Waals surface area contributed by atoms with Gasteiger partial charge in [0.1, 0.15) is 0 Å². The zero-order valence-corrected chi connectivity index (χ0v) is 8.50. The average molecular weight is 196 g/mol. The van der Waals surface area contributed by atoms with Gasteiger partial charge in [-0.3, -0.25) is 0 Å². The molecule has 0 aliphatic carbocycles. The Morgan fingerprint density at radius 3 is 1.58 bits per heavy atom. The molecule has 0 N–H and O–H groups in total. The summed E-state index contributed by atoms with van der Waals surface area (Å²) in [6.07, 6.45) is 3.82. The number of hydrogen-bond donors (Lipinski definition) is 0. The summed E-state index contributed by atoms with van der Waals surface area (Å²) in [5.74, 6) is 0. The zero-order chi connectivity index (χ0) is 8.55. The van der Waals surface area contributed by atoms with Crippen LogP contribution in [0.3, 0.4) is 0 Å². The van der Waals surface area contributed by atoms with Gasteiger partial charge in [0.05, 0.1) is 19.8 Å². The normalized spacial score (nSPS) is 10.5. The van der Waals surface area contributed by atoms with Crippen LogP contribution in [-0.4, -0.2) is 9.97 Å². The van der Waals surface area contributed by atoms with E-state index in [0.717, 1.165) is 10.0 Å². The first-order valence-electron chi connectivity index (χ1n) is 3.61. The Morgan fingerprint density at radius 1 is 0.917 bits per heavy atom. The van der Waals surface area contributed by atoms with Crippen LogP contribution in [0.4, 0.5) is 0 Å². The highest BCUT2D eigenvalue weighted by molar-refractivity contribution is 7.21. The molecule has 0 aliphatic heterocycles. The van der Waals surface area contributed by atoms with Gasteiger partial charge in [-0.05, 0) is 13.8 Å². The number of aromatic nitrogens is 2. The highest BCUT2D eigenvalue weighted by Gasteiger charge is 2.04. The number of nitrogens with zero attached hydrogens (tertiary/aromatic N) is 2. The third-order valence-electron chi connectivity index (χ3n) is 1.49. The Balaban J connectivity index is 2.43. The third-order valence-corrected chi connectivity index (χ3v) is 3.51. The standard InChI is InChI=1S/C8H8N2S2/c1-5-9-3-7(11-5)8-4-10-6(2)12-8/h3-4H,1-2H3. The summed E-state index contributed by atoms with van der Waals surface area (Å²) in [4.78, 5) is 10.8. The molecule has 0 aromatic carbocycles. The number of aryl methyl sites for hydroxylation is 2. The second kappa shape index (κ2) is 2.95. The molecule has 0 fully saturated rings. The van der Waals surface area contributed by atoms with E-state index in [2.05, 4.69) is 9.97 Å². The van der Waals surface area contributed by atoms with Gasteiger partial charge in [0.25, 0.3) is 0 Å². The lowest BCUT2D eigenvalue weighted by molar-refractivity contribution is 1.29. The van der Waals surface area contributed by atoms with Crippen molar-refractivity contribution in [3.05, 3.63) is 22.4 Å². The molecular weight excluding hydrogens is 188 g/mol. The summed E-state index contributed by atoms with van der Waals surface area (Å²) >= 11 is 3.43. The van der Waals surface area contributed by atoms with Crippen LogP contribution in [0.1, 0.15) is 10.0 Å². The first-order valence-corrected chi connectivity index (χ1v) is 5.24. The Hall–Kier alpha value is -0.740. The molecule has 4 heteroatoms. The lowest BCUT2D eigenvalue weighted by atomic mass is 10.5. The van der Waals surface area contributed by atoms with Crippen LogP contribution in [0.15, 0.2) is 12.4 Å². The van der Waals surface area contributed by atoms with Crippen LogP contribution in [-0.2, 0) is 0 Å². The Labute approximate surface area is 78.9 Å². The van der Waals surface area contributed by atoms with Gasteiger partial charge in [0.15, 0.2) is 0 Å². The van der Waals surface area contributed by atoms with Gasteiger partial charge >= 0.3 is 0 Å². The van der Waals surface area contributed by atoms with E-state index < -0.39 is 0 Å². The van der Waals surface area contributed by atoms with Gasteiger partial charge < -0.3 is 0 Å². The molecule has 62 valence electrons. The minimum Gasteiger partial charge on any atom is -0.249 e. The van der Waals surface area contributed by atoms with Crippen LogP contribution in [0.25, 0.3) is 9.75 Å². The quantitative estimate of drug-likeness (QED) is 0.701. The molecule has 0 aliphatic rings. The Kier molecular flexibility index (Phi) is 1.94. The van der Waals surface area contributed by atoms with Gasteiger partial charge in [-0.15, -0.1) is 22.7 Å². The molecule has 0 radical (unpaired) electrons. The van der Waals surface area contributed by atoms with Gasteiger partial charge in [-0.25, -0.2) is 9.97 Å². The van der Waals surface area contributed by atoms with Gasteiger partial charge in [-0.2, -0.15) is 0 Å². The molecule has 0 saturated heterocycles. The molecule has 2 aromatic rings. The summed E-state index contributed by atoms with van der Waals surface area (Å²) in [7, 11) is 0. The Bertz CT molecular complexity index is 351. The maximum Gasteiger partial charge on any atom is 0.0900 e. The first-order chi connectivity index (χ1) is 5.75. The molecule has 0 saturated carbocycles. The second-order valence-corrected chi connectivity index (χ2v) is 4.96. The maximum atomic E-state index is 4.20. The molecule has 0 spiro atoms. The highest BCUT2D eigenvalue weighted by Crippen LogP contribution is 2.29. The van der Waals surface area contributed by atoms with Crippen LogP contribution in [0.5, 0.6) is 0 Å². The number of hydrogen-bond acceptors (Lipinski definition) is 4. The van der Waals surface area contributed by atoms with Crippen molar-refractivity contribution in [3.63, 3.8) is 0 Å². The fraction of sp³-hybridized carbons (Fsp3) is 0.250. The van der Waals surface area contributed by atoms with Crippen molar-refractivity contribution < 1.29 is 0 Å². The number of thiazole rings is 2. The lowest BCUT2D eigenvalue weighted by Gasteiger charge is -1.83. The third kappa shape index (κ3) is 1.40. The van der Waals surface area contributed by atoms with Crippen molar-refractivity contribution in [3.8, 4) is 9.75 Å². The summed E-state index contributed by atoms with van der Waals surface area (Å²) in [6, 6.07) is 0.